The molecule has 0 saturated heterocycles. The minimum absolute atomic E-state index is 0.216. The van der Waals surface area contributed by atoms with Gasteiger partial charge in [-0.05, 0) is 48.0 Å². The van der Waals surface area contributed by atoms with Crippen LogP contribution in [0.1, 0.15) is 5.56 Å². The maximum Gasteiger partial charge on any atom is 0.188 e. The lowest BCUT2D eigenvalue weighted by atomic mass is 10.0. The van der Waals surface area contributed by atoms with E-state index >= 15 is 0 Å². The van der Waals surface area contributed by atoms with Crippen LogP contribution in [0.25, 0.3) is 11.1 Å². The number of aliphatic imine (C=N–C) groups is 1. The Labute approximate surface area is 112 Å². The average Bonchev–Trinajstić information content (AvgIpc) is 2.40. The predicted octanol–water partition coefficient (Wildman–Crippen LogP) is 4.10. The first-order chi connectivity index (χ1) is 8.81. The van der Waals surface area contributed by atoms with Crippen molar-refractivity contribution >= 4 is 17.4 Å². The van der Waals surface area contributed by atoms with Crippen molar-refractivity contribution in [3.8, 4) is 16.9 Å². The molecule has 0 saturated carbocycles. The van der Waals surface area contributed by atoms with E-state index in [1.165, 1.54) is 16.7 Å². The molecule has 0 aliphatic rings. The highest BCUT2D eigenvalue weighted by atomic mass is 32.1. The van der Waals surface area contributed by atoms with Crippen LogP contribution >= 0.6 is 12.2 Å². The molecule has 2 nitrogen and oxygen atoms in total. The van der Waals surface area contributed by atoms with E-state index in [2.05, 4.69) is 47.5 Å². The summed E-state index contributed by atoms with van der Waals surface area (Å²) in [7, 11) is 0. The molecule has 2 aromatic rings. The Morgan fingerprint density at radius 2 is 1.94 bits per heavy atom. The second-order valence-corrected chi connectivity index (χ2v) is 4.05. The molecule has 0 aliphatic heterocycles. The smallest absolute Gasteiger partial charge is 0.188 e. The van der Waals surface area contributed by atoms with Crippen LogP contribution in [0, 0.1) is 6.92 Å². The first kappa shape index (κ1) is 12.5. The van der Waals surface area contributed by atoms with Crippen molar-refractivity contribution in [2.45, 2.75) is 6.92 Å². The van der Waals surface area contributed by atoms with Crippen LogP contribution in [0.4, 0.5) is 0 Å². The van der Waals surface area contributed by atoms with E-state index in [-0.39, 0.29) is 6.73 Å². The Kier molecular flexibility index (Phi) is 4.24. The SMILES string of the molecule is Cc1cc(OCN=C=S)ccc1-c1ccccc1. The Hall–Kier alpha value is -1.96. The lowest BCUT2D eigenvalue weighted by Gasteiger charge is -2.08. The third kappa shape index (κ3) is 3.04. The molecule has 0 fully saturated rings. The predicted molar refractivity (Wildman–Crippen MR) is 77.1 cm³/mol. The van der Waals surface area contributed by atoms with E-state index in [1.54, 1.807) is 0 Å². The van der Waals surface area contributed by atoms with Crippen LogP contribution in [0.3, 0.4) is 0 Å². The molecule has 0 unspecified atom stereocenters. The van der Waals surface area contributed by atoms with Crippen molar-refractivity contribution in [2.24, 2.45) is 4.99 Å². The van der Waals surface area contributed by atoms with Gasteiger partial charge in [-0.15, -0.1) is 0 Å². The number of isothiocyanates is 1. The fourth-order valence-electron chi connectivity index (χ4n) is 1.80. The number of nitrogens with zero attached hydrogens (tertiary/aromatic N) is 1. The van der Waals surface area contributed by atoms with Gasteiger partial charge in [0.1, 0.15) is 5.75 Å². The summed E-state index contributed by atoms with van der Waals surface area (Å²) in [6.45, 7) is 2.28. The minimum Gasteiger partial charge on any atom is -0.471 e. The standard InChI is InChI=1S/C15H13NOS/c1-12-9-14(17-10-16-11-18)7-8-15(12)13-5-3-2-4-6-13/h2-9H,10H2,1H3. The first-order valence-electron chi connectivity index (χ1n) is 5.64. The van der Waals surface area contributed by atoms with E-state index < -0.39 is 0 Å². The van der Waals surface area contributed by atoms with Gasteiger partial charge in [-0.1, -0.05) is 36.4 Å². The Bertz CT molecular complexity index is 574. The summed E-state index contributed by atoms with van der Waals surface area (Å²) in [5.41, 5.74) is 3.59. The summed E-state index contributed by atoms with van der Waals surface area (Å²) in [5, 5.41) is 2.27. The molecule has 0 aliphatic carbocycles. The molecule has 18 heavy (non-hydrogen) atoms. The normalized spacial score (nSPS) is 9.61. The highest BCUT2D eigenvalue weighted by Gasteiger charge is 2.02. The molecule has 0 bridgehead atoms. The van der Waals surface area contributed by atoms with E-state index in [9.17, 15) is 0 Å². The van der Waals surface area contributed by atoms with Crippen LogP contribution in [0.2, 0.25) is 0 Å². The molecule has 0 amide bonds. The van der Waals surface area contributed by atoms with Crippen LogP contribution in [0.5, 0.6) is 5.75 Å². The highest BCUT2D eigenvalue weighted by molar-refractivity contribution is 7.78. The van der Waals surface area contributed by atoms with E-state index in [0.717, 1.165) is 5.75 Å². The fraction of sp³-hybridized carbons (Fsp3) is 0.133. The molecule has 2 aromatic carbocycles. The number of hydrogen-bond donors (Lipinski definition) is 0. The quantitative estimate of drug-likeness (QED) is 0.606. The molecule has 0 heterocycles. The molecule has 0 atom stereocenters. The van der Waals surface area contributed by atoms with Crippen molar-refractivity contribution in [3.05, 3.63) is 54.1 Å². The molecule has 0 radical (unpaired) electrons. The minimum atomic E-state index is 0.216. The summed E-state index contributed by atoms with van der Waals surface area (Å²) < 4.78 is 5.42. The number of benzene rings is 2. The zero-order valence-corrected chi connectivity index (χ0v) is 10.9. The summed E-state index contributed by atoms with van der Waals surface area (Å²) in [6, 6.07) is 16.3. The van der Waals surface area contributed by atoms with Crippen molar-refractivity contribution < 1.29 is 4.74 Å². The van der Waals surface area contributed by atoms with Gasteiger partial charge in [0.05, 0.1) is 5.16 Å². The number of ether oxygens (including phenoxy) is 1. The van der Waals surface area contributed by atoms with Crippen LogP contribution in [0.15, 0.2) is 53.5 Å². The molecular formula is C15H13NOS. The van der Waals surface area contributed by atoms with Gasteiger partial charge >= 0.3 is 0 Å². The molecule has 0 spiro atoms. The third-order valence-electron chi connectivity index (χ3n) is 2.64. The van der Waals surface area contributed by atoms with Crippen molar-refractivity contribution in [1.29, 1.82) is 0 Å². The van der Waals surface area contributed by atoms with Crippen LogP contribution in [-0.4, -0.2) is 11.9 Å². The second-order valence-electron chi connectivity index (χ2n) is 3.87. The summed E-state index contributed by atoms with van der Waals surface area (Å²) in [5.74, 6) is 0.793. The van der Waals surface area contributed by atoms with Crippen LogP contribution < -0.4 is 4.74 Å². The lowest BCUT2D eigenvalue weighted by Crippen LogP contribution is -1.94. The largest absolute Gasteiger partial charge is 0.471 e. The van der Waals surface area contributed by atoms with E-state index in [1.807, 2.05) is 30.3 Å². The molecule has 0 N–H and O–H groups in total. The number of hydrogen-bond acceptors (Lipinski definition) is 3. The van der Waals surface area contributed by atoms with Crippen molar-refractivity contribution in [2.75, 3.05) is 6.73 Å². The lowest BCUT2D eigenvalue weighted by molar-refractivity contribution is 0.332. The van der Waals surface area contributed by atoms with Gasteiger partial charge < -0.3 is 4.74 Å². The summed E-state index contributed by atoms with van der Waals surface area (Å²) in [6.07, 6.45) is 0. The van der Waals surface area contributed by atoms with Gasteiger partial charge in [-0.25, -0.2) is 0 Å². The Balaban J connectivity index is 2.23. The molecule has 90 valence electrons. The Morgan fingerprint density at radius 3 is 2.61 bits per heavy atom. The molecule has 0 aromatic heterocycles. The molecular weight excluding hydrogens is 242 g/mol. The summed E-state index contributed by atoms with van der Waals surface area (Å²) >= 11 is 4.48. The fourth-order valence-corrected chi connectivity index (χ4v) is 1.85. The Morgan fingerprint density at radius 1 is 1.17 bits per heavy atom. The van der Waals surface area contributed by atoms with Gasteiger partial charge in [0, 0.05) is 0 Å². The second kappa shape index (κ2) is 6.10. The van der Waals surface area contributed by atoms with Crippen molar-refractivity contribution in [3.63, 3.8) is 0 Å². The van der Waals surface area contributed by atoms with Crippen molar-refractivity contribution in [1.82, 2.24) is 0 Å². The van der Waals surface area contributed by atoms with Gasteiger partial charge in [-0.2, -0.15) is 4.99 Å². The number of aryl methyl sites for hydroxylation is 1. The first-order valence-corrected chi connectivity index (χ1v) is 6.04. The van der Waals surface area contributed by atoms with Gasteiger partial charge in [0.15, 0.2) is 6.73 Å². The molecule has 3 heteroatoms. The third-order valence-corrected chi connectivity index (χ3v) is 2.77. The number of rotatable bonds is 4. The van der Waals surface area contributed by atoms with Crippen LogP contribution in [-0.2, 0) is 0 Å². The number of thiocarbonyl (C=S) groups is 1. The van der Waals surface area contributed by atoms with E-state index in [0.29, 0.717) is 0 Å². The maximum absolute atomic E-state index is 5.42. The van der Waals surface area contributed by atoms with Gasteiger partial charge in [-0.3, -0.25) is 0 Å². The van der Waals surface area contributed by atoms with Gasteiger partial charge in [0.25, 0.3) is 0 Å². The zero-order valence-electron chi connectivity index (χ0n) is 10.1. The monoisotopic (exact) mass is 255 g/mol. The zero-order chi connectivity index (χ0) is 12.8. The molecule has 2 rings (SSSR count). The highest BCUT2D eigenvalue weighted by Crippen LogP contribution is 2.26. The average molecular weight is 255 g/mol. The topological polar surface area (TPSA) is 21.6 Å². The summed E-state index contributed by atoms with van der Waals surface area (Å²) in [4.78, 5) is 3.72. The van der Waals surface area contributed by atoms with E-state index in [4.69, 9.17) is 4.74 Å². The maximum atomic E-state index is 5.42. The van der Waals surface area contributed by atoms with Gasteiger partial charge in [0.2, 0.25) is 0 Å².